The highest BCUT2D eigenvalue weighted by Gasteiger charge is 2.09. The summed E-state index contributed by atoms with van der Waals surface area (Å²) in [5.74, 6) is 1.57. The summed E-state index contributed by atoms with van der Waals surface area (Å²) in [4.78, 5) is 0. The normalized spacial score (nSPS) is 10.2. The van der Waals surface area contributed by atoms with Crippen LogP contribution < -0.4 is 9.47 Å². The van der Waals surface area contributed by atoms with Gasteiger partial charge < -0.3 is 14.2 Å². The average molecular weight is 224 g/mol. The lowest BCUT2D eigenvalue weighted by molar-refractivity contribution is 0.0490. The highest BCUT2D eigenvalue weighted by atomic mass is 16.7. The summed E-state index contributed by atoms with van der Waals surface area (Å²) in [6.07, 6.45) is 3.35. The minimum Gasteiger partial charge on any atom is -0.493 e. The number of ether oxygens (including phenoxy) is 3. The molecule has 0 amide bonds. The van der Waals surface area contributed by atoms with Crippen LogP contribution in [0.4, 0.5) is 0 Å². The molecular weight excluding hydrogens is 204 g/mol. The van der Waals surface area contributed by atoms with E-state index in [2.05, 4.69) is 13.0 Å². The van der Waals surface area contributed by atoms with Crippen LogP contribution in [0.2, 0.25) is 0 Å². The largest absolute Gasteiger partial charge is 0.493 e. The van der Waals surface area contributed by atoms with Crippen LogP contribution in [0.15, 0.2) is 18.2 Å². The Morgan fingerprint density at radius 1 is 1.19 bits per heavy atom. The smallest absolute Gasteiger partial charge is 0.188 e. The Balaban J connectivity index is 2.82. The van der Waals surface area contributed by atoms with Crippen LogP contribution in [0.25, 0.3) is 0 Å². The van der Waals surface area contributed by atoms with Gasteiger partial charge in [-0.15, -0.1) is 0 Å². The van der Waals surface area contributed by atoms with Crippen molar-refractivity contribution < 1.29 is 14.2 Å². The Bertz CT molecular complexity index is 284. The molecule has 0 heterocycles. The van der Waals surface area contributed by atoms with E-state index in [9.17, 15) is 0 Å². The summed E-state index contributed by atoms with van der Waals surface area (Å²) < 4.78 is 15.7. The van der Waals surface area contributed by atoms with Crippen LogP contribution in [-0.2, 0) is 11.2 Å². The van der Waals surface area contributed by atoms with Crippen molar-refractivity contribution in [2.75, 3.05) is 21.0 Å². The van der Waals surface area contributed by atoms with Crippen LogP contribution in [0.1, 0.15) is 25.3 Å². The number of hydrogen-bond acceptors (Lipinski definition) is 3. The van der Waals surface area contributed by atoms with Gasteiger partial charge in [0.2, 0.25) is 0 Å². The lowest BCUT2D eigenvalue weighted by Crippen LogP contribution is -2.02. The van der Waals surface area contributed by atoms with Crippen molar-refractivity contribution in [2.24, 2.45) is 0 Å². The predicted molar refractivity (Wildman–Crippen MR) is 64.1 cm³/mol. The van der Waals surface area contributed by atoms with E-state index in [0.29, 0.717) is 0 Å². The summed E-state index contributed by atoms with van der Waals surface area (Å²) in [6, 6.07) is 5.96. The van der Waals surface area contributed by atoms with Crippen molar-refractivity contribution in [2.45, 2.75) is 26.2 Å². The van der Waals surface area contributed by atoms with Crippen LogP contribution in [0.3, 0.4) is 0 Å². The molecule has 0 bridgehead atoms. The zero-order valence-electron chi connectivity index (χ0n) is 10.3. The van der Waals surface area contributed by atoms with Gasteiger partial charge in [-0.3, -0.25) is 0 Å². The maximum absolute atomic E-state index is 5.45. The molecule has 0 spiro atoms. The van der Waals surface area contributed by atoms with E-state index in [1.807, 2.05) is 12.1 Å². The SMILES string of the molecule is CCCCc1cccc(OCOC)c1OC. The third kappa shape index (κ3) is 3.42. The van der Waals surface area contributed by atoms with Gasteiger partial charge in [0, 0.05) is 7.11 Å². The average Bonchev–Trinajstić information content (AvgIpc) is 2.33. The lowest BCUT2D eigenvalue weighted by atomic mass is 10.1. The molecule has 16 heavy (non-hydrogen) atoms. The van der Waals surface area contributed by atoms with Crippen LogP contribution in [0.5, 0.6) is 11.5 Å². The Hall–Kier alpha value is -1.22. The lowest BCUT2D eigenvalue weighted by Gasteiger charge is -2.13. The molecule has 3 nitrogen and oxygen atoms in total. The second-order valence-corrected chi connectivity index (χ2v) is 3.60. The van der Waals surface area contributed by atoms with E-state index in [1.54, 1.807) is 14.2 Å². The van der Waals surface area contributed by atoms with Gasteiger partial charge >= 0.3 is 0 Å². The Labute approximate surface area is 97.3 Å². The summed E-state index contributed by atoms with van der Waals surface area (Å²) in [6.45, 7) is 2.42. The van der Waals surface area contributed by atoms with Gasteiger partial charge in [-0.05, 0) is 24.5 Å². The Morgan fingerprint density at radius 3 is 2.62 bits per heavy atom. The second kappa shape index (κ2) is 7.12. The highest BCUT2D eigenvalue weighted by Crippen LogP contribution is 2.31. The van der Waals surface area contributed by atoms with Gasteiger partial charge in [0.1, 0.15) is 0 Å². The number of unbranched alkanes of at least 4 members (excludes halogenated alkanes) is 1. The first-order valence-corrected chi connectivity index (χ1v) is 5.61. The van der Waals surface area contributed by atoms with Crippen molar-refractivity contribution in [3.05, 3.63) is 23.8 Å². The van der Waals surface area contributed by atoms with E-state index in [1.165, 1.54) is 12.0 Å². The van der Waals surface area contributed by atoms with E-state index >= 15 is 0 Å². The van der Waals surface area contributed by atoms with E-state index in [0.717, 1.165) is 24.3 Å². The molecule has 0 aliphatic carbocycles. The number of methoxy groups -OCH3 is 2. The summed E-state index contributed by atoms with van der Waals surface area (Å²) in [5.41, 5.74) is 1.19. The first kappa shape index (κ1) is 12.8. The topological polar surface area (TPSA) is 27.7 Å². The molecule has 0 N–H and O–H groups in total. The first-order valence-electron chi connectivity index (χ1n) is 5.61. The number of hydrogen-bond donors (Lipinski definition) is 0. The minimum absolute atomic E-state index is 0.244. The molecule has 0 aromatic heterocycles. The molecule has 0 aliphatic rings. The van der Waals surface area contributed by atoms with Gasteiger partial charge in [0.05, 0.1) is 7.11 Å². The quantitative estimate of drug-likeness (QED) is 0.666. The Kier molecular flexibility index (Phi) is 5.72. The van der Waals surface area contributed by atoms with Gasteiger partial charge in [0.15, 0.2) is 18.3 Å². The Morgan fingerprint density at radius 2 is 2.00 bits per heavy atom. The summed E-state index contributed by atoms with van der Waals surface area (Å²) in [7, 11) is 3.28. The molecule has 1 rings (SSSR count). The third-order valence-electron chi connectivity index (χ3n) is 2.40. The first-order chi connectivity index (χ1) is 7.83. The molecule has 0 saturated heterocycles. The molecule has 0 radical (unpaired) electrons. The predicted octanol–water partition coefficient (Wildman–Crippen LogP) is 3.02. The molecular formula is C13H20O3. The number of rotatable bonds is 7. The molecule has 1 aromatic carbocycles. The zero-order chi connectivity index (χ0) is 11.8. The maximum atomic E-state index is 5.45. The monoisotopic (exact) mass is 224 g/mol. The fourth-order valence-electron chi connectivity index (χ4n) is 1.59. The fraction of sp³-hybridized carbons (Fsp3) is 0.538. The number of benzene rings is 1. The van der Waals surface area contributed by atoms with Gasteiger partial charge in [0.25, 0.3) is 0 Å². The highest BCUT2D eigenvalue weighted by molar-refractivity contribution is 5.46. The van der Waals surface area contributed by atoms with E-state index in [4.69, 9.17) is 14.2 Å². The van der Waals surface area contributed by atoms with Crippen molar-refractivity contribution in [3.8, 4) is 11.5 Å². The maximum Gasteiger partial charge on any atom is 0.188 e. The third-order valence-corrected chi connectivity index (χ3v) is 2.40. The molecule has 0 atom stereocenters. The van der Waals surface area contributed by atoms with Gasteiger partial charge in [-0.1, -0.05) is 25.5 Å². The van der Waals surface area contributed by atoms with Gasteiger partial charge in [-0.2, -0.15) is 0 Å². The van der Waals surface area contributed by atoms with Crippen molar-refractivity contribution in [3.63, 3.8) is 0 Å². The summed E-state index contributed by atoms with van der Waals surface area (Å²) in [5, 5.41) is 0. The zero-order valence-corrected chi connectivity index (χ0v) is 10.3. The van der Waals surface area contributed by atoms with Crippen LogP contribution in [0, 0.1) is 0 Å². The van der Waals surface area contributed by atoms with Crippen molar-refractivity contribution in [1.82, 2.24) is 0 Å². The fourth-order valence-corrected chi connectivity index (χ4v) is 1.59. The second-order valence-electron chi connectivity index (χ2n) is 3.60. The molecule has 0 aliphatic heterocycles. The van der Waals surface area contributed by atoms with Crippen LogP contribution >= 0.6 is 0 Å². The van der Waals surface area contributed by atoms with E-state index in [-0.39, 0.29) is 6.79 Å². The molecule has 3 heteroatoms. The number of aryl methyl sites for hydroxylation is 1. The molecule has 90 valence electrons. The molecule has 0 fully saturated rings. The molecule has 0 saturated carbocycles. The standard InChI is InChI=1S/C13H20O3/c1-4-5-7-11-8-6-9-12(13(11)15-3)16-10-14-2/h6,8-9H,4-5,7,10H2,1-3H3. The van der Waals surface area contributed by atoms with Crippen molar-refractivity contribution >= 4 is 0 Å². The molecule has 0 unspecified atom stereocenters. The van der Waals surface area contributed by atoms with Crippen molar-refractivity contribution in [1.29, 1.82) is 0 Å². The number of para-hydroxylation sites is 1. The summed E-state index contributed by atoms with van der Waals surface area (Å²) >= 11 is 0. The van der Waals surface area contributed by atoms with E-state index < -0.39 is 0 Å². The van der Waals surface area contributed by atoms with Gasteiger partial charge in [-0.25, -0.2) is 0 Å². The minimum atomic E-state index is 0.244. The van der Waals surface area contributed by atoms with Crippen LogP contribution in [-0.4, -0.2) is 21.0 Å². The molecule has 1 aromatic rings.